The number of rotatable bonds is 7. The second kappa shape index (κ2) is 8.99. The van der Waals surface area contributed by atoms with Crippen LogP contribution in [0, 0.1) is 0 Å². The van der Waals surface area contributed by atoms with Crippen molar-refractivity contribution in [2.45, 2.75) is 57.9 Å². The number of hydrogen-bond donors (Lipinski definition) is 0. The predicted octanol–water partition coefficient (Wildman–Crippen LogP) is 5.87. The van der Waals surface area contributed by atoms with Gasteiger partial charge in [-0.05, 0) is 57.4 Å². The number of alkyl halides is 6. The summed E-state index contributed by atoms with van der Waals surface area (Å²) >= 11 is 0. The van der Waals surface area contributed by atoms with Gasteiger partial charge in [-0.2, -0.15) is 13.2 Å². The fourth-order valence-corrected chi connectivity index (χ4v) is 2.71. The van der Waals surface area contributed by atoms with Crippen molar-refractivity contribution in [1.29, 1.82) is 0 Å². The van der Waals surface area contributed by atoms with Crippen molar-refractivity contribution in [1.82, 2.24) is 0 Å². The molecule has 0 spiro atoms. The van der Waals surface area contributed by atoms with Crippen LogP contribution in [0.3, 0.4) is 0 Å². The Morgan fingerprint density at radius 1 is 0.935 bits per heavy atom. The van der Waals surface area contributed by atoms with E-state index in [1.807, 2.05) is 0 Å². The van der Waals surface area contributed by atoms with Gasteiger partial charge in [-0.3, -0.25) is 0 Å². The highest BCUT2D eigenvalue weighted by molar-refractivity contribution is 6.55. The Balaban J connectivity index is 2.29. The van der Waals surface area contributed by atoms with E-state index >= 15 is 4.39 Å². The minimum Gasteiger partial charge on any atom is -0.406 e. The van der Waals surface area contributed by atoms with Gasteiger partial charge in [-0.15, -0.1) is 13.2 Å². The lowest BCUT2D eigenvalue weighted by Gasteiger charge is -2.32. The first kappa shape index (κ1) is 25.5. The van der Waals surface area contributed by atoms with Crippen LogP contribution in [-0.2, 0) is 14.0 Å². The molecule has 2 rings (SSSR count). The molecule has 0 atom stereocenters. The first-order chi connectivity index (χ1) is 14.0. The molecule has 0 aliphatic carbocycles. The maximum atomic E-state index is 15.3. The van der Waals surface area contributed by atoms with Crippen molar-refractivity contribution < 1.29 is 49.5 Å². The molecule has 1 aromatic carbocycles. The van der Waals surface area contributed by atoms with Crippen molar-refractivity contribution in [2.24, 2.45) is 0 Å². The van der Waals surface area contributed by atoms with Crippen LogP contribution in [0.4, 0.5) is 30.7 Å². The zero-order valence-corrected chi connectivity index (χ0v) is 17.3. The first-order valence-corrected chi connectivity index (χ1v) is 9.26. The minimum absolute atomic E-state index is 0.112. The summed E-state index contributed by atoms with van der Waals surface area (Å²) in [6, 6.07) is 4.25. The van der Waals surface area contributed by atoms with Gasteiger partial charge in [0.15, 0.2) is 0 Å². The van der Waals surface area contributed by atoms with Crippen LogP contribution >= 0.6 is 0 Å². The van der Waals surface area contributed by atoms with Gasteiger partial charge < -0.3 is 18.8 Å². The zero-order chi connectivity index (χ0) is 23.7. The van der Waals surface area contributed by atoms with Crippen molar-refractivity contribution in [3.63, 3.8) is 0 Å². The van der Waals surface area contributed by atoms with Gasteiger partial charge in [0.05, 0.1) is 17.8 Å². The normalized spacial score (nSPS) is 19.4. The van der Waals surface area contributed by atoms with E-state index in [1.54, 1.807) is 27.7 Å². The van der Waals surface area contributed by atoms with E-state index in [0.717, 1.165) is 24.3 Å². The van der Waals surface area contributed by atoms with Gasteiger partial charge in [0, 0.05) is 0 Å². The number of benzene rings is 1. The molecular formula is C19H22BF7O4. The van der Waals surface area contributed by atoms with E-state index in [9.17, 15) is 26.3 Å². The maximum absolute atomic E-state index is 15.3. The quantitative estimate of drug-likeness (QED) is 0.291. The molecule has 31 heavy (non-hydrogen) atoms. The predicted molar refractivity (Wildman–Crippen MR) is 98.7 cm³/mol. The molecule has 4 nitrogen and oxygen atoms in total. The van der Waals surface area contributed by atoms with Crippen LogP contribution in [0.1, 0.15) is 39.7 Å². The molecule has 0 unspecified atom stereocenters. The van der Waals surface area contributed by atoms with Gasteiger partial charge in [0.25, 0.3) is 0 Å². The highest BCUT2D eigenvalue weighted by Gasteiger charge is 2.53. The molecule has 1 fully saturated rings. The molecule has 0 aromatic heterocycles. The summed E-state index contributed by atoms with van der Waals surface area (Å²) < 4.78 is 109. The van der Waals surface area contributed by atoms with E-state index in [-0.39, 0.29) is 17.6 Å². The maximum Gasteiger partial charge on any atom is 0.573 e. The molecule has 1 heterocycles. The second-order valence-electron chi connectivity index (χ2n) is 7.90. The topological polar surface area (TPSA) is 36.9 Å². The SMILES string of the molecule is CC1(C)OB(C(F)=C(CCOCC(F)(F)F)c2ccc(OC(F)(F)F)cc2)OC1(C)C. The standard InChI is InChI=1S/C19H22BF7O4/c1-16(2)17(3,4)31-20(30-16)15(21)14(9-10-28-11-18(22,23)24)12-5-7-13(8-6-12)29-19(25,26)27/h5-8H,9-11H2,1-4H3. The van der Waals surface area contributed by atoms with Crippen LogP contribution in [0.2, 0.25) is 0 Å². The lowest BCUT2D eigenvalue weighted by molar-refractivity contribution is -0.274. The summed E-state index contributed by atoms with van der Waals surface area (Å²) in [6.45, 7) is 4.76. The van der Waals surface area contributed by atoms with Crippen LogP contribution < -0.4 is 4.74 Å². The molecule has 174 valence electrons. The zero-order valence-electron chi connectivity index (χ0n) is 17.3. The Morgan fingerprint density at radius 3 is 1.90 bits per heavy atom. The highest BCUT2D eigenvalue weighted by Crippen LogP contribution is 2.41. The molecule has 1 aliphatic rings. The molecule has 0 saturated carbocycles. The van der Waals surface area contributed by atoms with E-state index < -0.39 is 55.5 Å². The summed E-state index contributed by atoms with van der Waals surface area (Å²) in [6.07, 6.45) is -9.75. The lowest BCUT2D eigenvalue weighted by Crippen LogP contribution is -2.41. The van der Waals surface area contributed by atoms with E-state index in [4.69, 9.17) is 9.31 Å². The average molecular weight is 458 g/mol. The third kappa shape index (κ3) is 7.11. The third-order valence-corrected chi connectivity index (χ3v) is 4.95. The van der Waals surface area contributed by atoms with Crippen LogP contribution in [0.15, 0.2) is 30.0 Å². The van der Waals surface area contributed by atoms with Crippen molar-refractivity contribution in [3.8, 4) is 5.75 Å². The van der Waals surface area contributed by atoms with E-state index in [0.29, 0.717) is 0 Å². The fourth-order valence-electron chi connectivity index (χ4n) is 2.71. The van der Waals surface area contributed by atoms with Crippen molar-refractivity contribution in [2.75, 3.05) is 13.2 Å². The Bertz CT molecular complexity index is 770. The largest absolute Gasteiger partial charge is 0.573 e. The Labute approximate surface area is 175 Å². The summed E-state index contributed by atoms with van der Waals surface area (Å²) in [4.78, 5) is 0. The van der Waals surface area contributed by atoms with E-state index in [1.165, 1.54) is 0 Å². The van der Waals surface area contributed by atoms with Gasteiger partial charge in [-0.1, -0.05) is 12.1 Å². The van der Waals surface area contributed by atoms with Crippen LogP contribution in [-0.4, -0.2) is 44.1 Å². The second-order valence-corrected chi connectivity index (χ2v) is 7.90. The number of hydrogen-bond acceptors (Lipinski definition) is 4. The molecule has 12 heteroatoms. The summed E-state index contributed by atoms with van der Waals surface area (Å²) in [5.41, 5.74) is -2.65. The first-order valence-electron chi connectivity index (χ1n) is 9.26. The molecule has 0 N–H and O–H groups in total. The third-order valence-electron chi connectivity index (χ3n) is 4.95. The van der Waals surface area contributed by atoms with Crippen LogP contribution in [0.5, 0.6) is 5.75 Å². The summed E-state index contributed by atoms with van der Waals surface area (Å²) in [7, 11) is -1.44. The Kier molecular flexibility index (Phi) is 7.39. The van der Waals surface area contributed by atoms with Gasteiger partial charge in [0.2, 0.25) is 0 Å². The lowest BCUT2D eigenvalue weighted by atomic mass is 9.82. The van der Waals surface area contributed by atoms with E-state index in [2.05, 4.69) is 9.47 Å². The van der Waals surface area contributed by atoms with Crippen molar-refractivity contribution in [3.05, 3.63) is 35.6 Å². The molecule has 0 bridgehead atoms. The average Bonchev–Trinajstić information content (AvgIpc) is 2.81. The summed E-state index contributed by atoms with van der Waals surface area (Å²) in [5.74, 6) is -0.528. The molecule has 1 aliphatic heterocycles. The smallest absolute Gasteiger partial charge is 0.406 e. The van der Waals surface area contributed by atoms with Gasteiger partial charge in [0.1, 0.15) is 18.1 Å². The Hall–Kier alpha value is -1.79. The number of halogens is 7. The monoisotopic (exact) mass is 458 g/mol. The minimum atomic E-state index is -4.90. The molecular weight excluding hydrogens is 436 g/mol. The Morgan fingerprint density at radius 2 is 1.45 bits per heavy atom. The molecule has 1 aromatic rings. The highest BCUT2D eigenvalue weighted by atomic mass is 19.4. The fraction of sp³-hybridized carbons (Fsp3) is 0.579. The van der Waals surface area contributed by atoms with Gasteiger partial charge in [-0.25, -0.2) is 4.39 Å². The molecule has 1 saturated heterocycles. The van der Waals surface area contributed by atoms with Crippen LogP contribution in [0.25, 0.3) is 5.57 Å². The molecule has 0 radical (unpaired) electrons. The summed E-state index contributed by atoms with van der Waals surface area (Å²) in [5, 5.41) is 0. The van der Waals surface area contributed by atoms with Crippen molar-refractivity contribution >= 4 is 12.7 Å². The van der Waals surface area contributed by atoms with Gasteiger partial charge >= 0.3 is 19.7 Å². The molecule has 0 amide bonds. The number of ether oxygens (including phenoxy) is 2.